The van der Waals surface area contributed by atoms with Crippen LogP contribution in [0.25, 0.3) is 16.6 Å². The predicted molar refractivity (Wildman–Crippen MR) is 139 cm³/mol. The Morgan fingerprint density at radius 2 is 1.83 bits per heavy atom. The topological polar surface area (TPSA) is 76.4 Å². The number of aryl methyl sites for hydroxylation is 1. The van der Waals surface area contributed by atoms with Gasteiger partial charge in [0.25, 0.3) is 0 Å². The van der Waals surface area contributed by atoms with Crippen molar-refractivity contribution in [3.05, 3.63) is 71.7 Å². The number of piperazine rings is 1. The summed E-state index contributed by atoms with van der Waals surface area (Å²) in [7, 11) is 0. The molecule has 8 nitrogen and oxygen atoms in total. The van der Waals surface area contributed by atoms with E-state index in [1.807, 2.05) is 30.7 Å². The van der Waals surface area contributed by atoms with E-state index in [0.717, 1.165) is 73.0 Å². The maximum absolute atomic E-state index is 12.2. The van der Waals surface area contributed by atoms with Crippen molar-refractivity contribution in [2.75, 3.05) is 37.6 Å². The van der Waals surface area contributed by atoms with Crippen molar-refractivity contribution in [3.63, 3.8) is 0 Å². The van der Waals surface area contributed by atoms with Gasteiger partial charge in [-0.15, -0.1) is 0 Å². The molecule has 0 unspecified atom stereocenters. The summed E-state index contributed by atoms with van der Waals surface area (Å²) in [4.78, 5) is 30.6. The van der Waals surface area contributed by atoms with Gasteiger partial charge in [0.15, 0.2) is 5.78 Å². The first-order valence-electron chi connectivity index (χ1n) is 12.7. The summed E-state index contributed by atoms with van der Waals surface area (Å²) in [5.74, 6) is 1.76. The Labute approximate surface area is 210 Å². The number of fused-ring (bicyclic) bond motifs is 4. The average Bonchev–Trinajstić information content (AvgIpc) is 3.36. The second-order valence-corrected chi connectivity index (χ2v) is 9.45. The summed E-state index contributed by atoms with van der Waals surface area (Å²) >= 11 is 0. The van der Waals surface area contributed by atoms with E-state index in [0.29, 0.717) is 18.7 Å². The fourth-order valence-corrected chi connectivity index (χ4v) is 5.28. The van der Waals surface area contributed by atoms with E-state index in [1.54, 1.807) is 6.33 Å². The number of anilines is 1. The fraction of sp³-hybridized carbons (Fsp3) is 0.357. The summed E-state index contributed by atoms with van der Waals surface area (Å²) in [6.07, 6.45) is 5.06. The number of Topliss-reactive ketones (excluding diaryl/α,β-unsaturated/α-hetero) is 1. The molecule has 1 fully saturated rings. The van der Waals surface area contributed by atoms with Crippen molar-refractivity contribution in [2.45, 2.75) is 33.3 Å². The number of nitrogens with zero attached hydrogens (tertiary/aromatic N) is 6. The molecule has 2 aliphatic rings. The summed E-state index contributed by atoms with van der Waals surface area (Å²) in [5.41, 5.74) is 5.75. The van der Waals surface area contributed by atoms with Crippen LogP contribution in [-0.4, -0.2) is 62.9 Å². The Morgan fingerprint density at radius 3 is 2.67 bits per heavy atom. The monoisotopic (exact) mass is 482 g/mol. The van der Waals surface area contributed by atoms with Crippen LogP contribution in [0.4, 0.5) is 5.69 Å². The van der Waals surface area contributed by atoms with E-state index in [-0.39, 0.29) is 5.78 Å². The normalized spacial score (nSPS) is 15.4. The van der Waals surface area contributed by atoms with Gasteiger partial charge >= 0.3 is 0 Å². The van der Waals surface area contributed by atoms with Crippen LogP contribution < -0.4 is 9.64 Å². The zero-order valence-electron chi connectivity index (χ0n) is 20.8. The summed E-state index contributed by atoms with van der Waals surface area (Å²) in [6.45, 7) is 9.10. The molecule has 0 radical (unpaired) electrons. The Kier molecular flexibility index (Phi) is 5.89. The molecule has 184 valence electrons. The number of aromatic nitrogens is 4. The highest BCUT2D eigenvalue weighted by Gasteiger charge is 2.26. The number of carbonyl (C=O) groups is 1. The number of ketones is 1. The first-order valence-corrected chi connectivity index (χ1v) is 12.7. The van der Waals surface area contributed by atoms with Crippen LogP contribution in [0.5, 0.6) is 5.75 Å². The maximum atomic E-state index is 12.2. The third-order valence-electron chi connectivity index (χ3n) is 7.27. The molecule has 36 heavy (non-hydrogen) atoms. The van der Waals surface area contributed by atoms with Crippen LogP contribution in [-0.2, 0) is 13.0 Å². The van der Waals surface area contributed by atoms with E-state index in [2.05, 4.69) is 55.1 Å². The molecule has 0 atom stereocenters. The average molecular weight is 483 g/mol. The molecule has 8 heteroatoms. The molecule has 2 aromatic heterocycles. The van der Waals surface area contributed by atoms with E-state index >= 15 is 0 Å². The van der Waals surface area contributed by atoms with Crippen LogP contribution in [0, 0.1) is 6.92 Å². The van der Waals surface area contributed by atoms with Gasteiger partial charge in [0.1, 0.15) is 30.2 Å². The Balaban J connectivity index is 1.13. The van der Waals surface area contributed by atoms with Gasteiger partial charge in [-0.05, 0) is 37.1 Å². The number of benzene rings is 2. The number of hydrogen-bond acceptors (Lipinski definition) is 7. The molecule has 2 aromatic carbocycles. The Morgan fingerprint density at radius 1 is 1.03 bits per heavy atom. The van der Waals surface area contributed by atoms with Crippen molar-refractivity contribution < 1.29 is 9.53 Å². The van der Waals surface area contributed by atoms with Crippen LogP contribution >= 0.6 is 0 Å². The van der Waals surface area contributed by atoms with Crippen molar-refractivity contribution in [1.29, 1.82) is 0 Å². The highest BCUT2D eigenvalue weighted by atomic mass is 16.5. The third kappa shape index (κ3) is 4.01. The molecule has 1 saturated heterocycles. The van der Waals surface area contributed by atoms with Crippen LogP contribution in [0.1, 0.15) is 40.9 Å². The van der Waals surface area contributed by atoms with Crippen molar-refractivity contribution in [3.8, 4) is 11.4 Å². The first kappa shape index (κ1) is 22.7. The fourth-order valence-electron chi connectivity index (χ4n) is 5.28. The number of para-hydroxylation sites is 1. The van der Waals surface area contributed by atoms with E-state index in [4.69, 9.17) is 4.74 Å². The molecule has 2 aliphatic heterocycles. The van der Waals surface area contributed by atoms with Gasteiger partial charge in [0.05, 0.1) is 16.9 Å². The number of rotatable bonds is 6. The van der Waals surface area contributed by atoms with Gasteiger partial charge in [0, 0.05) is 56.4 Å². The summed E-state index contributed by atoms with van der Waals surface area (Å²) in [6, 6.07) is 12.6. The molecule has 0 spiro atoms. The molecule has 4 aromatic rings. The maximum Gasteiger partial charge on any atom is 0.182 e. The lowest BCUT2D eigenvalue weighted by atomic mass is 10.1. The minimum atomic E-state index is 0.0530. The molecule has 6 rings (SSSR count). The zero-order valence-corrected chi connectivity index (χ0v) is 20.8. The first-order chi connectivity index (χ1) is 17.6. The molecule has 4 heterocycles. The number of imidazole rings is 1. The molecule has 0 saturated carbocycles. The standard InChI is InChI=1S/C28H30N6O2/c1-3-26(35)27-25-17-36-28-20(6-4-9-24(28)34(25)18-30-27)10-11-32-12-14-33(15-13-32)23-8-5-7-22-21(23)16-29-19(2)31-22/h4-9,16,18H,3,10-15,17H2,1-2H3. The second kappa shape index (κ2) is 9.35. The van der Waals surface area contributed by atoms with Gasteiger partial charge in [-0.2, -0.15) is 0 Å². The smallest absolute Gasteiger partial charge is 0.182 e. The van der Waals surface area contributed by atoms with E-state index < -0.39 is 0 Å². The number of carbonyl (C=O) groups excluding carboxylic acids is 1. The third-order valence-corrected chi connectivity index (χ3v) is 7.27. The lowest BCUT2D eigenvalue weighted by Gasteiger charge is -2.36. The Bertz CT molecular complexity index is 1440. The quantitative estimate of drug-likeness (QED) is 0.385. The molecule has 0 bridgehead atoms. The minimum Gasteiger partial charge on any atom is -0.485 e. The zero-order chi connectivity index (χ0) is 24.6. The number of ether oxygens (including phenoxy) is 1. The van der Waals surface area contributed by atoms with Crippen LogP contribution in [0.3, 0.4) is 0 Å². The highest BCUT2D eigenvalue weighted by Crippen LogP contribution is 2.35. The SMILES string of the molecule is CCC(=O)c1ncn2c1COc1c(CCN3CCN(c4cccc5nc(C)ncc45)CC3)cccc1-2. The van der Waals surface area contributed by atoms with E-state index in [1.165, 1.54) is 11.3 Å². The molecular formula is C28H30N6O2. The predicted octanol–water partition coefficient (Wildman–Crippen LogP) is 3.97. The van der Waals surface area contributed by atoms with Gasteiger partial charge in [-0.3, -0.25) is 14.3 Å². The molecule has 0 aliphatic carbocycles. The highest BCUT2D eigenvalue weighted by molar-refractivity contribution is 5.95. The van der Waals surface area contributed by atoms with Crippen molar-refractivity contribution in [1.82, 2.24) is 24.4 Å². The molecule has 0 N–H and O–H groups in total. The van der Waals surface area contributed by atoms with Crippen LogP contribution in [0.15, 0.2) is 48.9 Å². The largest absolute Gasteiger partial charge is 0.485 e. The summed E-state index contributed by atoms with van der Waals surface area (Å²) < 4.78 is 8.20. The van der Waals surface area contributed by atoms with Gasteiger partial charge < -0.3 is 9.64 Å². The number of hydrogen-bond donors (Lipinski definition) is 0. The van der Waals surface area contributed by atoms with Gasteiger partial charge in [-0.1, -0.05) is 25.1 Å². The van der Waals surface area contributed by atoms with Gasteiger partial charge in [-0.25, -0.2) is 15.0 Å². The lowest BCUT2D eigenvalue weighted by Crippen LogP contribution is -2.47. The van der Waals surface area contributed by atoms with E-state index in [9.17, 15) is 4.79 Å². The lowest BCUT2D eigenvalue weighted by molar-refractivity contribution is 0.0980. The molecule has 0 amide bonds. The molecular weight excluding hydrogens is 452 g/mol. The Hall–Kier alpha value is -3.78. The van der Waals surface area contributed by atoms with Crippen molar-refractivity contribution in [2.24, 2.45) is 0 Å². The van der Waals surface area contributed by atoms with Crippen molar-refractivity contribution >= 4 is 22.4 Å². The summed E-state index contributed by atoms with van der Waals surface area (Å²) in [5, 5.41) is 1.12. The van der Waals surface area contributed by atoms with Crippen LogP contribution in [0.2, 0.25) is 0 Å². The minimum absolute atomic E-state index is 0.0530. The second-order valence-electron chi connectivity index (χ2n) is 9.45. The van der Waals surface area contributed by atoms with Gasteiger partial charge in [0.2, 0.25) is 0 Å².